The number of rotatable bonds is 2. The third-order valence-corrected chi connectivity index (χ3v) is 1.90. The van der Waals surface area contributed by atoms with E-state index in [9.17, 15) is 18.0 Å². The Morgan fingerprint density at radius 3 is 2.53 bits per heavy atom. The van der Waals surface area contributed by atoms with Crippen LogP contribution in [0.15, 0.2) is 6.07 Å². The highest BCUT2D eigenvalue weighted by atomic mass is 35.5. The fourth-order valence-electron chi connectivity index (χ4n) is 0.958. The Morgan fingerprint density at radius 1 is 1.47 bits per heavy atom. The largest absolute Gasteiger partial charge is 0.573 e. The summed E-state index contributed by atoms with van der Waals surface area (Å²) in [5.74, 6) is -1.35. The van der Waals surface area contributed by atoms with E-state index < -0.39 is 23.2 Å². The summed E-state index contributed by atoms with van der Waals surface area (Å²) in [4.78, 5) is 14.3. The van der Waals surface area contributed by atoms with E-state index >= 15 is 0 Å². The third kappa shape index (κ3) is 4.27. The van der Waals surface area contributed by atoms with Gasteiger partial charge in [-0.05, 0) is 0 Å². The zero-order valence-electron chi connectivity index (χ0n) is 8.23. The van der Waals surface area contributed by atoms with Crippen LogP contribution < -0.4 is 10.1 Å². The zero-order valence-corrected chi connectivity index (χ0v) is 9.74. The molecule has 0 aromatic carbocycles. The number of amides is 1. The molecule has 94 valence electrons. The lowest BCUT2D eigenvalue weighted by Crippen LogP contribution is -2.19. The lowest BCUT2D eigenvalue weighted by Gasteiger charge is -2.14. The van der Waals surface area contributed by atoms with Crippen molar-refractivity contribution in [3.05, 3.63) is 16.4 Å². The number of hydrogen-bond donors (Lipinski definition) is 1. The fraction of sp³-hybridized carbons (Fsp3) is 0.250. The quantitative estimate of drug-likeness (QED) is 0.850. The van der Waals surface area contributed by atoms with E-state index in [1.165, 1.54) is 0 Å². The summed E-state index contributed by atoms with van der Waals surface area (Å²) in [5.41, 5.74) is -0.388. The van der Waals surface area contributed by atoms with Crippen molar-refractivity contribution in [3.8, 4) is 5.75 Å². The SMILES string of the molecule is CC(=O)Nc1c(OC(F)(F)F)cc(Cl)nc1Cl. The van der Waals surface area contributed by atoms with Crippen molar-refractivity contribution in [3.63, 3.8) is 0 Å². The van der Waals surface area contributed by atoms with E-state index in [2.05, 4.69) is 15.0 Å². The third-order valence-electron chi connectivity index (χ3n) is 1.43. The number of halogens is 5. The first-order chi connectivity index (χ1) is 7.69. The molecule has 1 aromatic heterocycles. The molecule has 0 saturated carbocycles. The van der Waals surface area contributed by atoms with Gasteiger partial charge in [0, 0.05) is 13.0 Å². The molecule has 1 amide bonds. The molecule has 0 bridgehead atoms. The van der Waals surface area contributed by atoms with E-state index in [1.54, 1.807) is 0 Å². The Kier molecular flexibility index (Phi) is 4.05. The molecule has 0 fully saturated rings. The molecule has 17 heavy (non-hydrogen) atoms. The standard InChI is InChI=1S/C8H5Cl2F3N2O2/c1-3(16)14-6-4(17-8(11,12)13)2-5(9)15-7(6)10/h2H,1H3,(H,14,16). The summed E-state index contributed by atoms with van der Waals surface area (Å²) in [6.45, 7) is 1.10. The summed E-state index contributed by atoms with van der Waals surface area (Å²) >= 11 is 11.0. The van der Waals surface area contributed by atoms with E-state index in [4.69, 9.17) is 23.2 Å². The highest BCUT2D eigenvalue weighted by molar-refractivity contribution is 6.35. The van der Waals surface area contributed by atoms with Crippen LogP contribution in [0.25, 0.3) is 0 Å². The number of ether oxygens (including phenoxy) is 1. The molecule has 0 aliphatic carbocycles. The van der Waals surface area contributed by atoms with E-state index in [0.717, 1.165) is 13.0 Å². The van der Waals surface area contributed by atoms with Gasteiger partial charge in [0.25, 0.3) is 0 Å². The second kappa shape index (κ2) is 4.97. The van der Waals surface area contributed by atoms with Crippen LogP contribution in [0.3, 0.4) is 0 Å². The monoisotopic (exact) mass is 288 g/mol. The normalized spacial score (nSPS) is 11.2. The number of carbonyl (C=O) groups is 1. The van der Waals surface area contributed by atoms with Gasteiger partial charge in [-0.25, -0.2) is 4.98 Å². The van der Waals surface area contributed by atoms with Crippen molar-refractivity contribution < 1.29 is 22.7 Å². The van der Waals surface area contributed by atoms with Crippen LogP contribution in [0, 0.1) is 0 Å². The first-order valence-corrected chi connectivity index (χ1v) is 4.84. The Labute approximate surface area is 104 Å². The van der Waals surface area contributed by atoms with Gasteiger partial charge in [-0.3, -0.25) is 4.79 Å². The maximum absolute atomic E-state index is 12.1. The highest BCUT2D eigenvalue weighted by Crippen LogP contribution is 2.36. The molecule has 9 heteroatoms. The van der Waals surface area contributed by atoms with Crippen LogP contribution in [0.1, 0.15) is 6.92 Å². The van der Waals surface area contributed by atoms with Gasteiger partial charge in [0.15, 0.2) is 10.9 Å². The number of aromatic nitrogens is 1. The molecule has 0 unspecified atom stereocenters. The maximum Gasteiger partial charge on any atom is 0.573 e. The lowest BCUT2D eigenvalue weighted by atomic mass is 10.3. The predicted octanol–water partition coefficient (Wildman–Crippen LogP) is 3.25. The Balaban J connectivity index is 3.20. The lowest BCUT2D eigenvalue weighted by molar-refractivity contribution is -0.274. The predicted molar refractivity (Wildman–Crippen MR) is 55.2 cm³/mol. The van der Waals surface area contributed by atoms with Gasteiger partial charge in [0.2, 0.25) is 5.91 Å². The molecule has 0 atom stereocenters. The summed E-state index contributed by atoms with van der Waals surface area (Å²) < 4.78 is 39.9. The Bertz CT molecular complexity index is 451. The number of pyridine rings is 1. The van der Waals surface area contributed by atoms with Crippen LogP contribution >= 0.6 is 23.2 Å². The molecule has 1 heterocycles. The van der Waals surface area contributed by atoms with Crippen molar-refractivity contribution in [2.75, 3.05) is 5.32 Å². The van der Waals surface area contributed by atoms with Gasteiger partial charge < -0.3 is 10.1 Å². The minimum absolute atomic E-state index is 0.289. The van der Waals surface area contributed by atoms with E-state index in [0.29, 0.717) is 0 Å². The topological polar surface area (TPSA) is 51.2 Å². The first-order valence-electron chi connectivity index (χ1n) is 4.08. The molecule has 1 N–H and O–H groups in total. The molecule has 0 aliphatic heterocycles. The van der Waals surface area contributed by atoms with Crippen LogP contribution in [0.2, 0.25) is 10.3 Å². The number of nitrogens with one attached hydrogen (secondary N) is 1. The van der Waals surface area contributed by atoms with E-state index in [1.807, 2.05) is 0 Å². The smallest absolute Gasteiger partial charge is 0.403 e. The summed E-state index contributed by atoms with van der Waals surface area (Å²) in [6.07, 6.45) is -4.93. The number of hydrogen-bond acceptors (Lipinski definition) is 3. The van der Waals surface area contributed by atoms with Crippen LogP contribution in [0.5, 0.6) is 5.75 Å². The minimum Gasteiger partial charge on any atom is -0.403 e. The molecule has 0 spiro atoms. The van der Waals surface area contributed by atoms with Crippen LogP contribution in [-0.2, 0) is 4.79 Å². The number of alkyl halides is 3. The zero-order chi connectivity index (χ0) is 13.2. The first kappa shape index (κ1) is 13.9. The summed E-state index contributed by atoms with van der Waals surface area (Å²) in [6, 6.07) is 0.798. The van der Waals surface area contributed by atoms with Gasteiger partial charge in [0.05, 0.1) is 0 Å². The van der Waals surface area contributed by atoms with Crippen LogP contribution in [-0.4, -0.2) is 17.3 Å². The van der Waals surface area contributed by atoms with Gasteiger partial charge in [0.1, 0.15) is 10.8 Å². The molecule has 0 radical (unpaired) electrons. The molecule has 0 aliphatic rings. The average molecular weight is 289 g/mol. The van der Waals surface area contributed by atoms with Crippen molar-refractivity contribution >= 4 is 34.8 Å². The molecule has 0 saturated heterocycles. The summed E-state index contributed by atoms with van der Waals surface area (Å²) in [7, 11) is 0. The van der Waals surface area contributed by atoms with Crippen molar-refractivity contribution in [1.29, 1.82) is 0 Å². The van der Waals surface area contributed by atoms with Crippen molar-refractivity contribution in [2.45, 2.75) is 13.3 Å². The van der Waals surface area contributed by atoms with Gasteiger partial charge in [-0.15, -0.1) is 13.2 Å². The molecule has 4 nitrogen and oxygen atoms in total. The maximum atomic E-state index is 12.1. The fourth-order valence-corrected chi connectivity index (χ4v) is 1.42. The van der Waals surface area contributed by atoms with Gasteiger partial charge in [-0.2, -0.15) is 0 Å². The summed E-state index contributed by atoms with van der Waals surface area (Å²) in [5, 5.41) is 1.39. The number of carbonyl (C=O) groups excluding carboxylic acids is 1. The van der Waals surface area contributed by atoms with Gasteiger partial charge >= 0.3 is 6.36 Å². The van der Waals surface area contributed by atoms with Gasteiger partial charge in [-0.1, -0.05) is 23.2 Å². The second-order valence-corrected chi connectivity index (χ2v) is 3.58. The Hall–Kier alpha value is -1.21. The highest BCUT2D eigenvalue weighted by Gasteiger charge is 2.33. The van der Waals surface area contributed by atoms with Crippen molar-refractivity contribution in [2.24, 2.45) is 0 Å². The van der Waals surface area contributed by atoms with Crippen molar-refractivity contribution in [1.82, 2.24) is 4.98 Å². The van der Waals surface area contributed by atoms with Crippen LogP contribution in [0.4, 0.5) is 18.9 Å². The Morgan fingerprint density at radius 2 is 2.06 bits per heavy atom. The molecular weight excluding hydrogens is 284 g/mol. The second-order valence-electron chi connectivity index (χ2n) is 2.84. The molecule has 1 rings (SSSR count). The van der Waals surface area contributed by atoms with E-state index in [-0.39, 0.29) is 10.8 Å². The average Bonchev–Trinajstić information content (AvgIpc) is 2.07. The minimum atomic E-state index is -4.93. The molecule has 1 aromatic rings. The number of anilines is 1. The molecular formula is C8H5Cl2F3N2O2. The number of nitrogens with zero attached hydrogens (tertiary/aromatic N) is 1.